The first kappa shape index (κ1) is 22.4. The lowest BCUT2D eigenvalue weighted by molar-refractivity contribution is -0.00693. The molecule has 1 N–H and O–H groups in total. The smallest absolute Gasteiger partial charge is 0.123 e. The minimum Gasteiger partial charge on any atom is -0.374 e. The summed E-state index contributed by atoms with van der Waals surface area (Å²) >= 11 is 13.5. The molecule has 162 valence electrons. The first-order valence-electron chi connectivity index (χ1n) is 9.75. The lowest BCUT2D eigenvalue weighted by Crippen LogP contribution is -2.42. The maximum absolute atomic E-state index is 13.5. The van der Waals surface area contributed by atoms with Crippen molar-refractivity contribution in [1.82, 2.24) is 4.31 Å². The van der Waals surface area contributed by atoms with Gasteiger partial charge in [-0.2, -0.15) is 0 Å². The van der Waals surface area contributed by atoms with E-state index in [2.05, 4.69) is 9.03 Å². The van der Waals surface area contributed by atoms with E-state index in [1.165, 1.54) is 36.4 Å². The van der Waals surface area contributed by atoms with E-state index >= 15 is 0 Å². The molecule has 8 heteroatoms. The van der Waals surface area contributed by atoms with Gasteiger partial charge in [-0.15, -0.1) is 0 Å². The Bertz CT molecular complexity index is 976. The summed E-state index contributed by atoms with van der Waals surface area (Å²) in [6.07, 6.45) is -0.187. The molecule has 1 aliphatic heterocycles. The number of hydrogen-bond acceptors (Lipinski definition) is 4. The van der Waals surface area contributed by atoms with E-state index in [9.17, 15) is 8.78 Å². The van der Waals surface area contributed by atoms with Crippen LogP contribution in [0.5, 0.6) is 0 Å². The van der Waals surface area contributed by atoms with Crippen LogP contribution in [0.3, 0.4) is 0 Å². The van der Waals surface area contributed by atoms with Gasteiger partial charge in [0.2, 0.25) is 0 Å². The monoisotopic (exact) mass is 480 g/mol. The molecule has 1 aliphatic rings. The van der Waals surface area contributed by atoms with Crippen LogP contribution in [-0.4, -0.2) is 30.1 Å². The molecule has 1 atom stereocenters. The van der Waals surface area contributed by atoms with Gasteiger partial charge in [0.15, 0.2) is 0 Å². The van der Waals surface area contributed by atoms with Crippen LogP contribution in [0.1, 0.15) is 17.0 Å². The van der Waals surface area contributed by atoms with Gasteiger partial charge in [0.1, 0.15) is 11.6 Å². The van der Waals surface area contributed by atoms with Crippen LogP contribution in [-0.2, 0) is 4.74 Å². The number of ether oxygens (including phenoxy) is 1. The Labute approximate surface area is 194 Å². The molecule has 0 aliphatic carbocycles. The molecule has 0 amide bonds. The maximum Gasteiger partial charge on any atom is 0.123 e. The van der Waals surface area contributed by atoms with E-state index in [0.29, 0.717) is 23.2 Å². The fourth-order valence-electron chi connectivity index (χ4n) is 3.57. The minimum atomic E-state index is -0.297. The molecule has 1 fully saturated rings. The molecule has 3 aromatic rings. The maximum atomic E-state index is 13.5. The van der Waals surface area contributed by atoms with Gasteiger partial charge in [0, 0.05) is 36.8 Å². The Morgan fingerprint density at radius 3 is 2.10 bits per heavy atom. The molecule has 0 saturated carbocycles. The SMILES string of the molecule is Fc1ccc(C(c2ccc(F)cc2)C2CN(SNc3ccc(Cl)c(Cl)c3)CCO2)cc1. The van der Waals surface area contributed by atoms with Crippen LogP contribution >= 0.6 is 35.3 Å². The van der Waals surface area contributed by atoms with E-state index in [-0.39, 0.29) is 23.7 Å². The van der Waals surface area contributed by atoms with E-state index in [1.54, 1.807) is 36.4 Å². The zero-order valence-corrected chi connectivity index (χ0v) is 18.7. The molecular weight excluding hydrogens is 461 g/mol. The van der Waals surface area contributed by atoms with Gasteiger partial charge < -0.3 is 9.46 Å². The third-order valence-electron chi connectivity index (χ3n) is 5.10. The number of rotatable bonds is 6. The van der Waals surface area contributed by atoms with E-state index in [4.69, 9.17) is 27.9 Å². The van der Waals surface area contributed by atoms with Crippen molar-refractivity contribution >= 4 is 41.0 Å². The molecule has 3 nitrogen and oxygen atoms in total. The summed E-state index contributed by atoms with van der Waals surface area (Å²) in [7, 11) is 0. The van der Waals surface area contributed by atoms with Crippen LogP contribution in [0.2, 0.25) is 10.0 Å². The molecular formula is C23H20Cl2F2N2OS. The van der Waals surface area contributed by atoms with Gasteiger partial charge in [-0.25, -0.2) is 13.1 Å². The highest BCUT2D eigenvalue weighted by Crippen LogP contribution is 2.34. The molecule has 0 aromatic heterocycles. The molecule has 0 radical (unpaired) electrons. The Morgan fingerprint density at radius 1 is 0.903 bits per heavy atom. The van der Waals surface area contributed by atoms with Crippen LogP contribution in [0.15, 0.2) is 66.7 Å². The van der Waals surface area contributed by atoms with Crippen LogP contribution in [0.4, 0.5) is 14.5 Å². The molecule has 0 spiro atoms. The molecule has 1 saturated heterocycles. The predicted molar refractivity (Wildman–Crippen MR) is 124 cm³/mol. The Hall–Kier alpha value is -1.83. The quantitative estimate of drug-likeness (QED) is 0.393. The van der Waals surface area contributed by atoms with E-state index < -0.39 is 0 Å². The molecule has 1 unspecified atom stereocenters. The first-order valence-corrected chi connectivity index (χ1v) is 11.3. The molecule has 1 heterocycles. The van der Waals surface area contributed by atoms with Crippen LogP contribution < -0.4 is 4.72 Å². The highest BCUT2D eigenvalue weighted by molar-refractivity contribution is 7.98. The number of halogens is 4. The van der Waals surface area contributed by atoms with Crippen molar-refractivity contribution in [3.8, 4) is 0 Å². The van der Waals surface area contributed by atoms with Crippen molar-refractivity contribution in [3.63, 3.8) is 0 Å². The van der Waals surface area contributed by atoms with Crippen LogP contribution in [0.25, 0.3) is 0 Å². The van der Waals surface area contributed by atoms with Crippen LogP contribution in [0, 0.1) is 11.6 Å². The van der Waals surface area contributed by atoms with Crippen molar-refractivity contribution in [2.24, 2.45) is 0 Å². The summed E-state index contributed by atoms with van der Waals surface area (Å²) in [5.74, 6) is -0.752. The zero-order chi connectivity index (χ0) is 21.8. The summed E-state index contributed by atoms with van der Waals surface area (Å²) in [5.41, 5.74) is 2.68. The topological polar surface area (TPSA) is 24.5 Å². The number of morpholine rings is 1. The van der Waals surface area contributed by atoms with Gasteiger partial charge in [-0.3, -0.25) is 0 Å². The largest absolute Gasteiger partial charge is 0.374 e. The fourth-order valence-corrected chi connectivity index (χ4v) is 4.62. The number of nitrogens with one attached hydrogen (secondary N) is 1. The average Bonchev–Trinajstić information content (AvgIpc) is 2.78. The van der Waals surface area contributed by atoms with Gasteiger partial charge in [-0.05, 0) is 53.6 Å². The van der Waals surface area contributed by atoms with Crippen molar-refractivity contribution in [1.29, 1.82) is 0 Å². The lowest BCUT2D eigenvalue weighted by Gasteiger charge is -2.36. The number of anilines is 1. The summed E-state index contributed by atoms with van der Waals surface area (Å²) in [6, 6.07) is 18.2. The normalized spacial score (nSPS) is 17.1. The van der Waals surface area contributed by atoms with Crippen molar-refractivity contribution < 1.29 is 13.5 Å². The summed E-state index contributed by atoms with van der Waals surface area (Å²) in [4.78, 5) is 0. The predicted octanol–water partition coefficient (Wildman–Crippen LogP) is 6.78. The standard InChI is InChI=1S/C23H20Cl2F2N2OS/c24-20-10-9-19(13-21(20)25)28-31-29-11-12-30-22(14-29)23(15-1-5-17(26)6-2-15)16-3-7-18(27)8-4-16/h1-10,13,22-23,28H,11-12,14H2. The van der Waals surface area contributed by atoms with Crippen molar-refractivity contribution in [3.05, 3.63) is 99.5 Å². The third-order valence-corrected chi connectivity index (χ3v) is 6.75. The minimum absolute atomic E-state index is 0.158. The average molecular weight is 481 g/mol. The van der Waals surface area contributed by atoms with E-state index in [0.717, 1.165) is 23.4 Å². The molecule has 4 rings (SSSR count). The van der Waals surface area contributed by atoms with Crippen molar-refractivity contribution in [2.75, 3.05) is 24.4 Å². The lowest BCUT2D eigenvalue weighted by atomic mass is 9.86. The Morgan fingerprint density at radius 2 is 1.52 bits per heavy atom. The highest BCUT2D eigenvalue weighted by Gasteiger charge is 2.31. The number of benzene rings is 3. The van der Waals surface area contributed by atoms with Gasteiger partial charge >= 0.3 is 0 Å². The molecule has 3 aromatic carbocycles. The number of hydrogen-bond donors (Lipinski definition) is 1. The Kier molecular flexibility index (Phi) is 7.35. The Balaban J connectivity index is 1.51. The summed E-state index contributed by atoms with van der Waals surface area (Å²) in [5, 5.41) is 0.991. The second-order valence-corrected chi connectivity index (χ2v) is 8.92. The van der Waals surface area contributed by atoms with Gasteiger partial charge in [0.05, 0.1) is 22.8 Å². The fraction of sp³-hybridized carbons (Fsp3) is 0.217. The first-order chi connectivity index (χ1) is 15.0. The number of nitrogens with zero attached hydrogens (tertiary/aromatic N) is 1. The second kappa shape index (κ2) is 10.2. The third kappa shape index (κ3) is 5.70. The molecule has 0 bridgehead atoms. The van der Waals surface area contributed by atoms with Gasteiger partial charge in [0.25, 0.3) is 0 Å². The van der Waals surface area contributed by atoms with Crippen molar-refractivity contribution in [2.45, 2.75) is 12.0 Å². The summed E-state index contributed by atoms with van der Waals surface area (Å²) < 4.78 is 38.6. The highest BCUT2D eigenvalue weighted by atomic mass is 35.5. The van der Waals surface area contributed by atoms with Gasteiger partial charge in [-0.1, -0.05) is 47.5 Å². The van der Waals surface area contributed by atoms with E-state index in [1.807, 2.05) is 6.07 Å². The second-order valence-electron chi connectivity index (χ2n) is 7.20. The summed E-state index contributed by atoms with van der Waals surface area (Å²) in [6.45, 7) is 1.90. The zero-order valence-electron chi connectivity index (χ0n) is 16.4. The molecule has 31 heavy (non-hydrogen) atoms.